The molecule has 0 bridgehead atoms. The number of rotatable bonds is 1. The number of aromatic hydroxyl groups is 1. The molecule has 0 aliphatic carbocycles. The smallest absolute Gasteiger partial charge is 0.339 e. The second-order valence-electron chi connectivity index (χ2n) is 4.58. The van der Waals surface area contributed by atoms with E-state index in [0.717, 1.165) is 0 Å². The maximum absolute atomic E-state index is 12.4. The van der Waals surface area contributed by atoms with Crippen molar-refractivity contribution < 1.29 is 19.4 Å². The van der Waals surface area contributed by atoms with Crippen molar-refractivity contribution in [3.63, 3.8) is 0 Å². The normalized spacial score (nSPS) is 11.1. The predicted octanol–water partition coefficient (Wildman–Crippen LogP) is 2.66. The molecule has 0 radical (unpaired) electrons. The first kappa shape index (κ1) is 12.2. The van der Waals surface area contributed by atoms with Crippen LogP contribution in [0.5, 0.6) is 5.75 Å². The highest BCUT2D eigenvalue weighted by atomic mass is 16.4. The number of aromatic carboxylic acids is 1. The van der Waals surface area contributed by atoms with Crippen molar-refractivity contribution in [2.24, 2.45) is 0 Å². The number of phenolic OH excluding ortho intramolecular Hbond substituents is 1. The Morgan fingerprint density at radius 3 is 2.70 bits per heavy atom. The van der Waals surface area contributed by atoms with Crippen molar-refractivity contribution >= 4 is 27.9 Å². The molecule has 3 aromatic rings. The molecule has 2 aromatic carbocycles. The summed E-state index contributed by atoms with van der Waals surface area (Å²) in [5.74, 6) is -1.34. The van der Waals surface area contributed by atoms with Gasteiger partial charge in [0.2, 0.25) is 5.43 Å². The van der Waals surface area contributed by atoms with Gasteiger partial charge < -0.3 is 14.6 Å². The maximum atomic E-state index is 12.4. The summed E-state index contributed by atoms with van der Waals surface area (Å²) < 4.78 is 5.54. The summed E-state index contributed by atoms with van der Waals surface area (Å²) in [5.41, 5.74) is 0.380. The first-order chi connectivity index (χ1) is 9.49. The summed E-state index contributed by atoms with van der Waals surface area (Å²) >= 11 is 0. The average Bonchev–Trinajstić information content (AvgIpc) is 2.37. The average molecular weight is 270 g/mol. The van der Waals surface area contributed by atoms with Crippen molar-refractivity contribution in [2.75, 3.05) is 0 Å². The largest absolute Gasteiger partial charge is 0.507 e. The first-order valence-electron chi connectivity index (χ1n) is 5.91. The fourth-order valence-corrected chi connectivity index (χ4v) is 2.28. The molecule has 0 amide bonds. The van der Waals surface area contributed by atoms with E-state index in [2.05, 4.69) is 0 Å². The number of fused-ring (bicyclic) bond motifs is 2. The molecule has 20 heavy (non-hydrogen) atoms. The fourth-order valence-electron chi connectivity index (χ4n) is 2.28. The molecule has 0 fully saturated rings. The molecule has 1 heterocycles. The number of aryl methyl sites for hydroxylation is 1. The Kier molecular flexibility index (Phi) is 2.50. The van der Waals surface area contributed by atoms with Gasteiger partial charge in [0.25, 0.3) is 0 Å². The maximum Gasteiger partial charge on any atom is 0.339 e. The second-order valence-corrected chi connectivity index (χ2v) is 4.58. The Bertz CT molecular complexity index is 921. The van der Waals surface area contributed by atoms with Crippen LogP contribution in [0.1, 0.15) is 15.9 Å². The zero-order chi connectivity index (χ0) is 14.4. The minimum absolute atomic E-state index is 0.0162. The lowest BCUT2D eigenvalue weighted by Crippen LogP contribution is -2.06. The van der Waals surface area contributed by atoms with Gasteiger partial charge in [-0.15, -0.1) is 0 Å². The quantitative estimate of drug-likeness (QED) is 0.664. The van der Waals surface area contributed by atoms with Crippen LogP contribution in [0.3, 0.4) is 0 Å². The number of phenols is 1. The van der Waals surface area contributed by atoms with E-state index in [9.17, 15) is 14.7 Å². The van der Waals surface area contributed by atoms with Crippen LogP contribution in [-0.2, 0) is 0 Å². The lowest BCUT2D eigenvalue weighted by atomic mass is 10.1. The van der Waals surface area contributed by atoms with Crippen LogP contribution >= 0.6 is 0 Å². The third-order valence-electron chi connectivity index (χ3n) is 3.15. The topological polar surface area (TPSA) is 87.7 Å². The number of para-hydroxylation sites is 1. The third-order valence-corrected chi connectivity index (χ3v) is 3.15. The molecular formula is C15H10O5. The monoisotopic (exact) mass is 270 g/mol. The third kappa shape index (κ3) is 1.64. The number of hydrogen-bond acceptors (Lipinski definition) is 4. The predicted molar refractivity (Wildman–Crippen MR) is 73.4 cm³/mol. The van der Waals surface area contributed by atoms with Gasteiger partial charge in [-0.25, -0.2) is 4.79 Å². The van der Waals surface area contributed by atoms with Crippen LogP contribution in [0.15, 0.2) is 39.5 Å². The van der Waals surface area contributed by atoms with Crippen molar-refractivity contribution in [1.29, 1.82) is 0 Å². The molecule has 0 saturated heterocycles. The van der Waals surface area contributed by atoms with Crippen molar-refractivity contribution in [1.82, 2.24) is 0 Å². The summed E-state index contributed by atoms with van der Waals surface area (Å²) in [6.45, 7) is 1.74. The standard InChI is InChI=1S/C15H10O5/c1-7-5-10(16)12-11(6-7)20-14-8(13(12)17)3-2-4-9(14)15(18)19/h2-6,16H,1H3,(H,18,19). The van der Waals surface area contributed by atoms with Gasteiger partial charge in [-0.1, -0.05) is 6.07 Å². The summed E-state index contributed by atoms with van der Waals surface area (Å²) in [6.07, 6.45) is 0. The molecule has 5 heteroatoms. The Labute approximate surface area is 112 Å². The van der Waals surface area contributed by atoms with Gasteiger partial charge >= 0.3 is 5.97 Å². The molecule has 0 atom stereocenters. The SMILES string of the molecule is Cc1cc(O)c2c(=O)c3cccc(C(=O)O)c3oc2c1. The lowest BCUT2D eigenvalue weighted by molar-refractivity contribution is 0.0698. The van der Waals surface area contributed by atoms with Crippen molar-refractivity contribution in [3.8, 4) is 5.75 Å². The van der Waals surface area contributed by atoms with Gasteiger partial charge in [-0.05, 0) is 36.8 Å². The summed E-state index contributed by atoms with van der Waals surface area (Å²) in [4.78, 5) is 23.6. The van der Waals surface area contributed by atoms with Crippen LogP contribution in [0, 0.1) is 6.92 Å². The molecule has 0 spiro atoms. The zero-order valence-corrected chi connectivity index (χ0v) is 10.5. The van der Waals surface area contributed by atoms with E-state index in [1.165, 1.54) is 24.3 Å². The Morgan fingerprint density at radius 2 is 2.00 bits per heavy atom. The van der Waals surface area contributed by atoms with Gasteiger partial charge in [0.1, 0.15) is 22.3 Å². The van der Waals surface area contributed by atoms with Gasteiger partial charge in [-0.3, -0.25) is 4.79 Å². The van der Waals surface area contributed by atoms with Crippen LogP contribution in [0.2, 0.25) is 0 Å². The van der Waals surface area contributed by atoms with E-state index in [1.54, 1.807) is 13.0 Å². The summed E-state index contributed by atoms with van der Waals surface area (Å²) in [5, 5.41) is 19.2. The molecule has 1 aromatic heterocycles. The second kappa shape index (κ2) is 4.09. The summed E-state index contributed by atoms with van der Waals surface area (Å²) in [6, 6.07) is 7.38. The van der Waals surface area contributed by atoms with Gasteiger partial charge in [0, 0.05) is 0 Å². The van der Waals surface area contributed by atoms with Crippen molar-refractivity contribution in [2.45, 2.75) is 6.92 Å². The highest BCUT2D eigenvalue weighted by Crippen LogP contribution is 2.28. The fraction of sp³-hybridized carbons (Fsp3) is 0.0667. The number of hydrogen-bond donors (Lipinski definition) is 2. The Morgan fingerprint density at radius 1 is 1.25 bits per heavy atom. The molecule has 0 aliphatic heterocycles. The van der Waals surface area contributed by atoms with Crippen LogP contribution in [0.4, 0.5) is 0 Å². The molecule has 2 N–H and O–H groups in total. The number of carbonyl (C=O) groups is 1. The summed E-state index contributed by atoms with van der Waals surface area (Å²) in [7, 11) is 0. The van der Waals surface area contributed by atoms with E-state index in [4.69, 9.17) is 9.52 Å². The molecule has 3 rings (SSSR count). The number of benzene rings is 2. The van der Waals surface area contributed by atoms with Crippen LogP contribution < -0.4 is 5.43 Å². The Hall–Kier alpha value is -2.82. The molecule has 100 valence electrons. The van der Waals surface area contributed by atoms with Gasteiger partial charge in [0.05, 0.1) is 5.39 Å². The molecule has 0 saturated carbocycles. The van der Waals surface area contributed by atoms with Gasteiger partial charge in [0.15, 0.2) is 5.58 Å². The lowest BCUT2D eigenvalue weighted by Gasteiger charge is -2.06. The number of carboxylic acid groups (broad SMARTS) is 1. The van der Waals surface area contributed by atoms with E-state index in [0.29, 0.717) is 5.56 Å². The minimum atomic E-state index is -1.17. The van der Waals surface area contributed by atoms with Crippen LogP contribution in [0.25, 0.3) is 21.9 Å². The molecule has 0 aliphatic rings. The van der Waals surface area contributed by atoms with Gasteiger partial charge in [-0.2, -0.15) is 0 Å². The van der Waals surface area contributed by atoms with E-state index < -0.39 is 11.4 Å². The zero-order valence-electron chi connectivity index (χ0n) is 10.5. The molecule has 5 nitrogen and oxygen atoms in total. The molecule has 0 unspecified atom stereocenters. The number of carboxylic acids is 1. The van der Waals surface area contributed by atoms with E-state index >= 15 is 0 Å². The van der Waals surface area contributed by atoms with Crippen molar-refractivity contribution in [3.05, 3.63) is 51.7 Å². The first-order valence-corrected chi connectivity index (χ1v) is 5.91. The van der Waals surface area contributed by atoms with E-state index in [1.807, 2.05) is 0 Å². The highest BCUT2D eigenvalue weighted by molar-refractivity contribution is 6.03. The minimum Gasteiger partial charge on any atom is -0.507 e. The van der Waals surface area contributed by atoms with Crippen LogP contribution in [-0.4, -0.2) is 16.2 Å². The van der Waals surface area contributed by atoms with E-state index in [-0.39, 0.29) is 33.3 Å². The highest BCUT2D eigenvalue weighted by Gasteiger charge is 2.17. The Balaban J connectivity index is 2.61. The molecular weight excluding hydrogens is 260 g/mol.